The van der Waals surface area contributed by atoms with Crippen LogP contribution in [0.25, 0.3) is 22.0 Å². The van der Waals surface area contributed by atoms with Crippen LogP contribution in [0.1, 0.15) is 46.2 Å². The van der Waals surface area contributed by atoms with E-state index in [9.17, 15) is 4.79 Å². The number of likely N-dealkylation sites (tertiary alicyclic amines) is 1. The van der Waals surface area contributed by atoms with E-state index in [2.05, 4.69) is 27.4 Å². The van der Waals surface area contributed by atoms with Crippen molar-refractivity contribution in [3.05, 3.63) is 65.4 Å². The number of benzene rings is 1. The van der Waals surface area contributed by atoms with Gasteiger partial charge in [0.05, 0.1) is 11.7 Å². The van der Waals surface area contributed by atoms with Crippen molar-refractivity contribution in [2.45, 2.75) is 32.6 Å². The first-order chi connectivity index (χ1) is 15.0. The maximum atomic E-state index is 13.1. The van der Waals surface area contributed by atoms with Gasteiger partial charge in [0.2, 0.25) is 0 Å². The van der Waals surface area contributed by atoms with E-state index in [1.54, 1.807) is 0 Å². The molecule has 158 valence electrons. The van der Waals surface area contributed by atoms with Gasteiger partial charge in [-0.05, 0) is 56.5 Å². The molecule has 31 heavy (non-hydrogen) atoms. The lowest BCUT2D eigenvalue weighted by Crippen LogP contribution is -2.38. The number of nitrogens with zero attached hydrogens (tertiary/aromatic N) is 5. The minimum Gasteiger partial charge on any atom is -0.337 e. The summed E-state index contributed by atoms with van der Waals surface area (Å²) in [5.41, 5.74) is 6.90. The Balaban J connectivity index is 1.33. The highest BCUT2D eigenvalue weighted by Gasteiger charge is 2.28. The fraction of sp³-hybridized carbons (Fsp3) is 0.333. The van der Waals surface area contributed by atoms with Crippen LogP contribution in [0, 0.1) is 13.8 Å². The molecular formula is C24H26N6O. The van der Waals surface area contributed by atoms with E-state index in [0.29, 0.717) is 24.7 Å². The van der Waals surface area contributed by atoms with Crippen LogP contribution in [0.3, 0.4) is 0 Å². The summed E-state index contributed by atoms with van der Waals surface area (Å²) in [5, 5.41) is 12.5. The lowest BCUT2D eigenvalue weighted by molar-refractivity contribution is 0.0708. The second-order valence-corrected chi connectivity index (χ2v) is 8.51. The molecule has 4 aromatic rings. The summed E-state index contributed by atoms with van der Waals surface area (Å²) < 4.78 is 1.81. The first-order valence-electron chi connectivity index (χ1n) is 10.7. The SMILES string of the molecule is Cc1ccc2[nH]nc(C(=O)N3CCC(c4cc(-c5cnn(C)c5)cc(C)n4)CC3)c2c1. The van der Waals surface area contributed by atoms with Gasteiger partial charge in [0.1, 0.15) is 0 Å². The Morgan fingerprint density at radius 2 is 1.90 bits per heavy atom. The second kappa shape index (κ2) is 7.65. The summed E-state index contributed by atoms with van der Waals surface area (Å²) in [5.74, 6) is 0.348. The maximum absolute atomic E-state index is 13.1. The minimum absolute atomic E-state index is 0.00329. The molecule has 7 nitrogen and oxygen atoms in total. The Morgan fingerprint density at radius 3 is 2.65 bits per heavy atom. The number of hydrogen-bond donors (Lipinski definition) is 1. The Hall–Kier alpha value is -3.48. The zero-order valence-electron chi connectivity index (χ0n) is 18.1. The van der Waals surface area contributed by atoms with E-state index in [4.69, 9.17) is 4.98 Å². The van der Waals surface area contributed by atoms with Gasteiger partial charge >= 0.3 is 0 Å². The molecule has 0 saturated carbocycles. The van der Waals surface area contributed by atoms with Gasteiger partial charge in [-0.25, -0.2) is 0 Å². The normalized spacial score (nSPS) is 15.0. The highest BCUT2D eigenvalue weighted by atomic mass is 16.2. The predicted octanol–water partition coefficient (Wildman–Crippen LogP) is 4.00. The number of H-pyrrole nitrogens is 1. The number of fused-ring (bicyclic) bond motifs is 1. The first-order valence-corrected chi connectivity index (χ1v) is 10.7. The van der Waals surface area contributed by atoms with Crippen molar-refractivity contribution in [2.24, 2.45) is 7.05 Å². The van der Waals surface area contributed by atoms with Crippen LogP contribution in [0.5, 0.6) is 0 Å². The fourth-order valence-electron chi connectivity index (χ4n) is 4.46. The van der Waals surface area contributed by atoms with Gasteiger partial charge in [0, 0.05) is 54.6 Å². The molecule has 0 unspecified atom stereocenters. The number of nitrogens with one attached hydrogen (secondary N) is 1. The number of carbonyl (C=O) groups is 1. The Bertz CT molecular complexity index is 1260. The van der Waals surface area contributed by atoms with Crippen molar-refractivity contribution in [1.82, 2.24) is 29.9 Å². The average Bonchev–Trinajstić information content (AvgIpc) is 3.39. The van der Waals surface area contributed by atoms with Crippen LogP contribution in [0.15, 0.2) is 42.7 Å². The lowest BCUT2D eigenvalue weighted by atomic mass is 9.91. The largest absolute Gasteiger partial charge is 0.337 e. The fourth-order valence-corrected chi connectivity index (χ4v) is 4.46. The van der Waals surface area contributed by atoms with Crippen LogP contribution < -0.4 is 0 Å². The number of hydrogen-bond acceptors (Lipinski definition) is 4. The lowest BCUT2D eigenvalue weighted by Gasteiger charge is -2.31. The quantitative estimate of drug-likeness (QED) is 0.550. The molecule has 1 aliphatic heterocycles. The summed E-state index contributed by atoms with van der Waals surface area (Å²) in [6.45, 7) is 5.48. The number of aromatic amines is 1. The van der Waals surface area contributed by atoms with Gasteiger partial charge in [0.25, 0.3) is 5.91 Å². The van der Waals surface area contributed by atoms with E-state index in [1.807, 2.05) is 61.1 Å². The third-order valence-electron chi connectivity index (χ3n) is 6.13. The molecule has 1 aromatic carbocycles. The number of piperidine rings is 1. The molecule has 1 fully saturated rings. The number of aromatic nitrogens is 5. The summed E-state index contributed by atoms with van der Waals surface area (Å²) in [7, 11) is 1.93. The maximum Gasteiger partial charge on any atom is 0.274 e. The molecule has 3 aromatic heterocycles. The molecule has 1 saturated heterocycles. The molecule has 0 aliphatic carbocycles. The number of pyridine rings is 1. The third-order valence-corrected chi connectivity index (χ3v) is 6.13. The van der Waals surface area contributed by atoms with Crippen molar-refractivity contribution in [1.29, 1.82) is 0 Å². The number of amides is 1. The highest BCUT2D eigenvalue weighted by Crippen LogP contribution is 2.31. The average molecular weight is 415 g/mol. The molecule has 1 aliphatic rings. The smallest absolute Gasteiger partial charge is 0.274 e. The van der Waals surface area contributed by atoms with E-state index in [1.165, 1.54) is 0 Å². The summed E-state index contributed by atoms with van der Waals surface area (Å²) in [6.07, 6.45) is 5.71. The molecule has 0 spiro atoms. The van der Waals surface area contributed by atoms with Crippen molar-refractivity contribution in [3.8, 4) is 11.1 Å². The summed E-state index contributed by atoms with van der Waals surface area (Å²) >= 11 is 0. The van der Waals surface area contributed by atoms with Gasteiger partial charge in [-0.2, -0.15) is 10.2 Å². The molecule has 4 heterocycles. The van der Waals surface area contributed by atoms with Crippen LogP contribution in [-0.4, -0.2) is 48.9 Å². The van der Waals surface area contributed by atoms with Crippen molar-refractivity contribution in [2.75, 3.05) is 13.1 Å². The van der Waals surface area contributed by atoms with Crippen molar-refractivity contribution in [3.63, 3.8) is 0 Å². The van der Waals surface area contributed by atoms with E-state index >= 15 is 0 Å². The number of aryl methyl sites for hydroxylation is 3. The molecule has 7 heteroatoms. The molecule has 0 atom stereocenters. The van der Waals surface area contributed by atoms with Crippen LogP contribution >= 0.6 is 0 Å². The van der Waals surface area contributed by atoms with Gasteiger partial charge in [0.15, 0.2) is 5.69 Å². The molecule has 0 radical (unpaired) electrons. The van der Waals surface area contributed by atoms with E-state index in [0.717, 1.165) is 51.8 Å². The van der Waals surface area contributed by atoms with Gasteiger partial charge in [-0.3, -0.25) is 19.6 Å². The van der Waals surface area contributed by atoms with Crippen molar-refractivity contribution >= 4 is 16.8 Å². The Kier molecular flexibility index (Phi) is 4.81. The van der Waals surface area contributed by atoms with E-state index in [-0.39, 0.29) is 5.91 Å². The molecule has 1 amide bonds. The van der Waals surface area contributed by atoms with Crippen LogP contribution in [0.4, 0.5) is 0 Å². The number of rotatable bonds is 3. The highest BCUT2D eigenvalue weighted by molar-refractivity contribution is 6.04. The minimum atomic E-state index is 0.00329. The standard InChI is InChI=1S/C24H26N6O/c1-15-4-5-21-20(10-15)23(28-27-21)24(31)30-8-6-17(7-9-30)22-12-18(11-16(2)26-22)19-13-25-29(3)14-19/h4-5,10-14,17H,6-9H2,1-3H3,(H,27,28). The van der Waals surface area contributed by atoms with Crippen molar-refractivity contribution < 1.29 is 4.79 Å². The summed E-state index contributed by atoms with van der Waals surface area (Å²) in [4.78, 5) is 19.9. The van der Waals surface area contributed by atoms with Gasteiger partial charge in [-0.1, -0.05) is 11.6 Å². The topological polar surface area (TPSA) is 79.7 Å². The molecular weight excluding hydrogens is 388 g/mol. The first kappa shape index (κ1) is 19.5. The van der Waals surface area contributed by atoms with Gasteiger partial charge in [-0.15, -0.1) is 0 Å². The van der Waals surface area contributed by atoms with Gasteiger partial charge < -0.3 is 4.90 Å². The van der Waals surface area contributed by atoms with E-state index < -0.39 is 0 Å². The zero-order valence-corrected chi connectivity index (χ0v) is 18.1. The zero-order chi connectivity index (χ0) is 21.5. The Morgan fingerprint density at radius 1 is 1.10 bits per heavy atom. The third kappa shape index (κ3) is 3.71. The Labute approximate surface area is 181 Å². The predicted molar refractivity (Wildman–Crippen MR) is 120 cm³/mol. The van der Waals surface area contributed by atoms with Crippen LogP contribution in [-0.2, 0) is 7.05 Å². The monoisotopic (exact) mass is 414 g/mol. The molecule has 5 rings (SSSR count). The van der Waals surface area contributed by atoms with Crippen LogP contribution in [0.2, 0.25) is 0 Å². The molecule has 0 bridgehead atoms. The second-order valence-electron chi connectivity index (χ2n) is 8.51. The number of carbonyl (C=O) groups excluding carboxylic acids is 1. The summed E-state index contributed by atoms with van der Waals surface area (Å²) in [6, 6.07) is 10.3. The molecule has 1 N–H and O–H groups in total.